The Morgan fingerprint density at radius 2 is 0.764 bits per heavy atom. The Hall–Kier alpha value is -6.62. The van der Waals surface area contributed by atoms with Gasteiger partial charge >= 0.3 is 0 Å². The van der Waals surface area contributed by atoms with Gasteiger partial charge in [0.15, 0.2) is 0 Å². The molecule has 0 spiro atoms. The minimum atomic E-state index is -1.30. The van der Waals surface area contributed by atoms with Crippen molar-refractivity contribution < 1.29 is 0 Å². The highest BCUT2D eigenvalue weighted by Gasteiger charge is 2.44. The first-order valence-corrected chi connectivity index (χ1v) is 21.6. The van der Waals surface area contributed by atoms with Gasteiger partial charge in [0, 0.05) is 34.1 Å². The summed E-state index contributed by atoms with van der Waals surface area (Å²) in [7, 11) is -1.30. The summed E-state index contributed by atoms with van der Waals surface area (Å²) in [6.45, 7) is 2.48. The van der Waals surface area contributed by atoms with Crippen LogP contribution in [0.1, 0.15) is 0 Å². The summed E-state index contributed by atoms with van der Waals surface area (Å²) < 4.78 is 0. The molecule has 2 aliphatic heterocycles. The lowest BCUT2D eigenvalue weighted by atomic mass is 9.33. The van der Waals surface area contributed by atoms with Crippen molar-refractivity contribution in [2.24, 2.45) is 0 Å². The number of hydrogen-bond acceptors (Lipinski definition) is 2. The maximum Gasteiger partial charge on any atom is 0.252 e. The Morgan fingerprint density at radius 3 is 1.24 bits per heavy atom. The van der Waals surface area contributed by atoms with E-state index in [2.05, 4.69) is 217 Å². The van der Waals surface area contributed by atoms with Gasteiger partial charge in [-0.25, -0.2) is 0 Å². The van der Waals surface area contributed by atoms with Crippen LogP contribution in [0.4, 0.5) is 34.1 Å². The van der Waals surface area contributed by atoms with Gasteiger partial charge < -0.3 is 9.80 Å². The fraction of sp³-hybridized carbons (Fsp3) is 0.0196. The van der Waals surface area contributed by atoms with Crippen LogP contribution in [0.5, 0.6) is 0 Å². The van der Waals surface area contributed by atoms with Crippen molar-refractivity contribution >= 4 is 97.9 Å². The number of para-hydroxylation sites is 2. The second-order valence-corrected chi connectivity index (χ2v) is 17.8. The van der Waals surface area contributed by atoms with Gasteiger partial charge in [0.2, 0.25) is 0 Å². The Kier molecular flexibility index (Phi) is 7.39. The van der Waals surface area contributed by atoms with Gasteiger partial charge in [-0.1, -0.05) is 169 Å². The van der Waals surface area contributed by atoms with E-state index in [0.717, 1.165) is 11.4 Å². The van der Waals surface area contributed by atoms with Crippen LogP contribution in [0.15, 0.2) is 200 Å². The summed E-state index contributed by atoms with van der Waals surface area (Å²) >= 11 is 0. The molecule has 0 fully saturated rings. The zero-order valence-electron chi connectivity index (χ0n) is 30.6. The van der Waals surface area contributed by atoms with Crippen molar-refractivity contribution in [3.8, 4) is 11.1 Å². The van der Waals surface area contributed by atoms with E-state index in [1.165, 1.54) is 82.2 Å². The number of fused-ring (bicyclic) bond motifs is 6. The Morgan fingerprint density at radius 1 is 0.364 bits per heavy atom. The Labute approximate surface area is 324 Å². The van der Waals surface area contributed by atoms with Crippen molar-refractivity contribution in [1.29, 1.82) is 0 Å². The first kappa shape index (κ1) is 31.9. The van der Waals surface area contributed by atoms with Gasteiger partial charge in [0.25, 0.3) is 6.71 Å². The molecule has 2 heterocycles. The third-order valence-corrected chi connectivity index (χ3v) is 14.6. The summed E-state index contributed by atoms with van der Waals surface area (Å²) in [6, 6.07) is 74.6. The summed E-state index contributed by atoms with van der Waals surface area (Å²) in [4.78, 5) is 5.04. The maximum atomic E-state index is 2.52. The molecule has 2 nitrogen and oxygen atoms in total. The molecule has 0 N–H and O–H groups in total. The molecule has 0 radical (unpaired) electrons. The lowest BCUT2D eigenvalue weighted by Gasteiger charge is -2.44. The predicted octanol–water partition coefficient (Wildman–Crippen LogP) is 9.71. The topological polar surface area (TPSA) is 6.48 Å². The molecule has 0 aliphatic carbocycles. The van der Waals surface area contributed by atoms with E-state index in [-0.39, 0.29) is 6.71 Å². The molecule has 9 aromatic carbocycles. The smallest absolute Gasteiger partial charge is 0.252 e. The van der Waals surface area contributed by atoms with Crippen LogP contribution in [0, 0.1) is 0 Å². The molecule has 0 saturated heterocycles. The zero-order chi connectivity index (χ0) is 36.5. The number of rotatable bonds is 5. The van der Waals surface area contributed by atoms with Crippen molar-refractivity contribution in [3.63, 3.8) is 0 Å². The summed E-state index contributed by atoms with van der Waals surface area (Å²) in [5.41, 5.74) is 13.7. The highest BCUT2D eigenvalue weighted by atomic mass is 28.3. The van der Waals surface area contributed by atoms with E-state index < -0.39 is 8.80 Å². The van der Waals surface area contributed by atoms with Crippen molar-refractivity contribution in [2.45, 2.75) is 6.55 Å². The molecule has 9 aromatic rings. The average Bonchev–Trinajstić information content (AvgIpc) is 3.25. The second-order valence-electron chi connectivity index (χ2n) is 15.0. The van der Waals surface area contributed by atoms with Crippen molar-refractivity contribution in [1.82, 2.24) is 0 Å². The number of benzene rings is 9. The quantitative estimate of drug-likeness (QED) is 0.164. The number of anilines is 6. The molecule has 1 unspecified atom stereocenters. The molecule has 0 bridgehead atoms. The van der Waals surface area contributed by atoms with E-state index in [4.69, 9.17) is 0 Å². The molecule has 11 rings (SSSR count). The van der Waals surface area contributed by atoms with Crippen LogP contribution in [0.25, 0.3) is 32.7 Å². The lowest BCUT2D eigenvalue weighted by molar-refractivity contribution is 1.26. The van der Waals surface area contributed by atoms with Gasteiger partial charge in [-0.2, -0.15) is 0 Å². The SMILES string of the molecule is C[SiH](c1ccccc1)c1ccc(-c2cc3c4c(c2)N(c2ccccc2)c2cc5ccccc5cc2B4c2cc4ccccc4cc2N3c2ccccc2)cc1. The van der Waals surface area contributed by atoms with E-state index in [1.807, 2.05) is 0 Å². The van der Waals surface area contributed by atoms with Crippen molar-refractivity contribution in [2.75, 3.05) is 9.80 Å². The molecule has 258 valence electrons. The van der Waals surface area contributed by atoms with Crippen LogP contribution in [0.3, 0.4) is 0 Å². The highest BCUT2D eigenvalue weighted by Crippen LogP contribution is 2.46. The van der Waals surface area contributed by atoms with Gasteiger partial charge in [0.05, 0.1) is 8.80 Å². The molecule has 2 aliphatic rings. The minimum Gasteiger partial charge on any atom is -0.311 e. The maximum absolute atomic E-state index is 2.52. The fourth-order valence-corrected chi connectivity index (χ4v) is 11.1. The summed E-state index contributed by atoms with van der Waals surface area (Å²) in [5, 5.41) is 7.93. The van der Waals surface area contributed by atoms with Crippen LogP contribution in [0.2, 0.25) is 6.55 Å². The standard InChI is InChI=1S/C51H37BN2Si/c1-55(43-23-9-4-10-24-43)44-27-25-35(26-28-44)40-33-49-51-50(34-40)54(42-21-7-3-8-22-42)48-32-39-18-14-12-16-37(39)30-46(48)52(51)45-29-36-15-11-13-17-38(36)31-47(45)53(49)41-19-5-2-6-20-41/h2-34,55H,1H3. The fourth-order valence-electron chi connectivity index (χ4n) is 9.14. The first-order valence-electron chi connectivity index (χ1n) is 19.3. The van der Waals surface area contributed by atoms with E-state index in [0.29, 0.717) is 0 Å². The largest absolute Gasteiger partial charge is 0.311 e. The first-order chi connectivity index (χ1) is 27.2. The summed E-state index contributed by atoms with van der Waals surface area (Å²) in [5.74, 6) is 0. The van der Waals surface area contributed by atoms with Gasteiger partial charge in [-0.05, 0) is 97.6 Å². The second kappa shape index (κ2) is 12.8. The molecular formula is C51H37BN2Si. The third kappa shape index (κ3) is 5.17. The monoisotopic (exact) mass is 716 g/mol. The molecule has 0 aromatic heterocycles. The zero-order valence-corrected chi connectivity index (χ0v) is 31.8. The van der Waals surface area contributed by atoms with Crippen LogP contribution >= 0.6 is 0 Å². The summed E-state index contributed by atoms with van der Waals surface area (Å²) in [6.07, 6.45) is 0. The number of hydrogen-bond donors (Lipinski definition) is 0. The van der Waals surface area contributed by atoms with Gasteiger partial charge in [0.1, 0.15) is 0 Å². The van der Waals surface area contributed by atoms with Gasteiger partial charge in [-0.3, -0.25) is 0 Å². The molecule has 4 heteroatoms. The van der Waals surface area contributed by atoms with E-state index >= 15 is 0 Å². The normalized spacial score (nSPS) is 13.4. The average molecular weight is 717 g/mol. The minimum absolute atomic E-state index is 0.0401. The number of nitrogens with zero attached hydrogens (tertiary/aromatic N) is 2. The van der Waals surface area contributed by atoms with E-state index in [9.17, 15) is 0 Å². The molecular weight excluding hydrogens is 679 g/mol. The molecule has 55 heavy (non-hydrogen) atoms. The Balaban J connectivity index is 1.22. The Bertz CT molecular complexity index is 2740. The van der Waals surface area contributed by atoms with Crippen LogP contribution in [-0.2, 0) is 0 Å². The highest BCUT2D eigenvalue weighted by molar-refractivity contribution is 7.00. The third-order valence-electron chi connectivity index (χ3n) is 11.9. The molecule has 0 amide bonds. The van der Waals surface area contributed by atoms with Crippen LogP contribution < -0.4 is 36.6 Å². The van der Waals surface area contributed by atoms with Crippen molar-refractivity contribution in [3.05, 3.63) is 200 Å². The van der Waals surface area contributed by atoms with Crippen LogP contribution in [-0.4, -0.2) is 15.5 Å². The lowest BCUT2D eigenvalue weighted by Crippen LogP contribution is -2.61. The molecule has 1 atom stereocenters. The van der Waals surface area contributed by atoms with Gasteiger partial charge in [-0.15, -0.1) is 0 Å². The predicted molar refractivity (Wildman–Crippen MR) is 240 cm³/mol. The van der Waals surface area contributed by atoms with E-state index in [1.54, 1.807) is 0 Å². The molecule has 0 saturated carbocycles.